The van der Waals surface area contributed by atoms with Crippen LogP contribution in [0.1, 0.15) is 22.3 Å². The summed E-state index contributed by atoms with van der Waals surface area (Å²) < 4.78 is 49.1. The Morgan fingerprint density at radius 3 is 2.50 bits per heavy atom. The third-order valence-electron chi connectivity index (χ3n) is 3.84. The lowest BCUT2D eigenvalue weighted by molar-refractivity contribution is 0.0696. The highest BCUT2D eigenvalue weighted by Gasteiger charge is 2.36. The number of nitrogens with zero attached hydrogens (tertiary/aromatic N) is 1. The number of aromatic carboxylic acids is 1. The van der Waals surface area contributed by atoms with Crippen LogP contribution in [0.2, 0.25) is 0 Å². The van der Waals surface area contributed by atoms with Gasteiger partial charge >= 0.3 is 5.97 Å². The van der Waals surface area contributed by atoms with E-state index in [2.05, 4.69) is 0 Å². The largest absolute Gasteiger partial charge is 0.478 e. The van der Waals surface area contributed by atoms with Gasteiger partial charge in [0, 0.05) is 13.1 Å². The summed E-state index contributed by atoms with van der Waals surface area (Å²) >= 11 is 0. The van der Waals surface area contributed by atoms with Crippen molar-refractivity contribution in [1.29, 1.82) is 0 Å². The van der Waals surface area contributed by atoms with Gasteiger partial charge in [0.05, 0.1) is 22.0 Å². The van der Waals surface area contributed by atoms with Gasteiger partial charge in [-0.2, -0.15) is 4.31 Å². The molecule has 1 aromatic rings. The van der Waals surface area contributed by atoms with E-state index >= 15 is 0 Å². The first-order valence-electron chi connectivity index (χ1n) is 6.57. The molecule has 0 spiro atoms. The second kappa shape index (κ2) is 5.64. The van der Waals surface area contributed by atoms with Gasteiger partial charge in [-0.3, -0.25) is 0 Å². The van der Waals surface area contributed by atoms with Crippen molar-refractivity contribution in [1.82, 2.24) is 4.31 Å². The first kappa shape index (κ1) is 16.9. The Labute approximate surface area is 129 Å². The van der Waals surface area contributed by atoms with Crippen LogP contribution in [0.3, 0.4) is 0 Å². The third kappa shape index (κ3) is 3.16. The van der Waals surface area contributed by atoms with Crippen molar-refractivity contribution in [2.45, 2.75) is 24.3 Å². The highest BCUT2D eigenvalue weighted by molar-refractivity contribution is 7.92. The van der Waals surface area contributed by atoms with Gasteiger partial charge in [-0.25, -0.2) is 21.6 Å². The Hall–Kier alpha value is -1.45. The van der Waals surface area contributed by atoms with E-state index in [0.29, 0.717) is 5.56 Å². The third-order valence-corrected chi connectivity index (χ3v) is 7.50. The molecule has 0 amide bonds. The van der Waals surface area contributed by atoms with Gasteiger partial charge in [0.1, 0.15) is 0 Å². The van der Waals surface area contributed by atoms with E-state index in [1.165, 1.54) is 19.2 Å². The SMILES string of the molecule is Cc1ccc(S(=O)(=O)N(C)[C@@H]2CCS(=O)(=O)C2)cc1C(=O)O. The lowest BCUT2D eigenvalue weighted by Gasteiger charge is -2.23. The molecule has 1 atom stereocenters. The molecule has 1 aromatic carbocycles. The Bertz CT molecular complexity index is 813. The van der Waals surface area contributed by atoms with Crippen LogP contribution in [0.25, 0.3) is 0 Å². The maximum Gasteiger partial charge on any atom is 0.335 e. The predicted molar refractivity (Wildman–Crippen MR) is 80.1 cm³/mol. The van der Waals surface area contributed by atoms with Crippen LogP contribution in [0.4, 0.5) is 0 Å². The molecule has 0 saturated carbocycles. The van der Waals surface area contributed by atoms with Crippen molar-refractivity contribution < 1.29 is 26.7 Å². The van der Waals surface area contributed by atoms with Crippen LogP contribution in [0.15, 0.2) is 23.1 Å². The van der Waals surface area contributed by atoms with Crippen LogP contribution < -0.4 is 0 Å². The predicted octanol–water partition coefficient (Wildman–Crippen LogP) is 0.501. The summed E-state index contributed by atoms with van der Waals surface area (Å²) in [5.41, 5.74) is 0.367. The molecule has 22 heavy (non-hydrogen) atoms. The van der Waals surface area contributed by atoms with Crippen molar-refractivity contribution >= 4 is 25.8 Å². The van der Waals surface area contributed by atoms with Gasteiger partial charge in [-0.1, -0.05) is 6.07 Å². The number of hydrogen-bond acceptors (Lipinski definition) is 5. The molecule has 0 unspecified atom stereocenters. The number of aryl methyl sites for hydroxylation is 1. The van der Waals surface area contributed by atoms with Gasteiger partial charge in [0.15, 0.2) is 9.84 Å². The van der Waals surface area contributed by atoms with E-state index in [0.717, 1.165) is 10.4 Å². The Balaban J connectivity index is 2.38. The lowest BCUT2D eigenvalue weighted by Crippen LogP contribution is -2.37. The number of sulfone groups is 1. The first-order valence-corrected chi connectivity index (χ1v) is 9.83. The summed E-state index contributed by atoms with van der Waals surface area (Å²) in [6.07, 6.45) is 0.246. The molecule has 1 saturated heterocycles. The number of hydrogen-bond donors (Lipinski definition) is 1. The molecule has 0 bridgehead atoms. The molecular weight excluding hydrogens is 330 g/mol. The van der Waals surface area contributed by atoms with Crippen molar-refractivity contribution in [3.8, 4) is 0 Å². The van der Waals surface area contributed by atoms with Gasteiger partial charge in [0.25, 0.3) is 0 Å². The number of carbonyl (C=O) groups is 1. The molecule has 1 heterocycles. The van der Waals surface area contributed by atoms with Gasteiger partial charge in [-0.15, -0.1) is 0 Å². The summed E-state index contributed by atoms with van der Waals surface area (Å²) in [4.78, 5) is 11.0. The molecule has 2 rings (SSSR count). The van der Waals surface area contributed by atoms with Crippen molar-refractivity contribution in [2.24, 2.45) is 0 Å². The zero-order valence-corrected chi connectivity index (χ0v) is 13.8. The standard InChI is InChI=1S/C13H17NO6S2/c1-9-3-4-11(7-12(9)13(15)16)22(19,20)14(2)10-5-6-21(17,18)8-10/h3-4,7,10H,5-6,8H2,1-2H3,(H,15,16)/t10-/m1/s1. The average Bonchev–Trinajstić information content (AvgIpc) is 2.78. The summed E-state index contributed by atoms with van der Waals surface area (Å²) in [7, 11) is -5.83. The topological polar surface area (TPSA) is 109 Å². The first-order chi connectivity index (χ1) is 10.0. The van der Waals surface area contributed by atoms with E-state index in [1.54, 1.807) is 6.92 Å². The normalized spacial score (nSPS) is 21.1. The molecule has 0 radical (unpaired) electrons. The molecule has 1 fully saturated rings. The molecule has 0 aromatic heterocycles. The fourth-order valence-electron chi connectivity index (χ4n) is 2.42. The van der Waals surface area contributed by atoms with Crippen molar-refractivity contribution in [3.05, 3.63) is 29.3 Å². The van der Waals surface area contributed by atoms with E-state index < -0.39 is 31.9 Å². The molecular formula is C13H17NO6S2. The minimum absolute atomic E-state index is 0.0359. The lowest BCUT2D eigenvalue weighted by atomic mass is 10.1. The zero-order valence-electron chi connectivity index (χ0n) is 12.2. The summed E-state index contributed by atoms with van der Waals surface area (Å²) in [6.45, 7) is 1.58. The van der Waals surface area contributed by atoms with Crippen molar-refractivity contribution in [2.75, 3.05) is 18.6 Å². The van der Waals surface area contributed by atoms with Crippen LogP contribution in [-0.2, 0) is 19.9 Å². The highest BCUT2D eigenvalue weighted by atomic mass is 32.2. The highest BCUT2D eigenvalue weighted by Crippen LogP contribution is 2.24. The van der Waals surface area contributed by atoms with Crippen LogP contribution in [-0.4, -0.2) is 56.8 Å². The Morgan fingerprint density at radius 1 is 1.36 bits per heavy atom. The minimum atomic E-state index is -3.94. The maximum atomic E-state index is 12.6. The van der Waals surface area contributed by atoms with E-state index in [9.17, 15) is 21.6 Å². The molecule has 9 heteroatoms. The fraction of sp³-hybridized carbons (Fsp3) is 0.462. The second-order valence-electron chi connectivity index (χ2n) is 5.36. The molecule has 1 N–H and O–H groups in total. The monoisotopic (exact) mass is 347 g/mol. The number of carboxylic acid groups (broad SMARTS) is 1. The molecule has 7 nitrogen and oxygen atoms in total. The van der Waals surface area contributed by atoms with Gasteiger partial charge < -0.3 is 5.11 Å². The van der Waals surface area contributed by atoms with Gasteiger partial charge in [0.2, 0.25) is 10.0 Å². The average molecular weight is 347 g/mol. The van der Waals surface area contributed by atoms with E-state index in [-0.39, 0.29) is 28.4 Å². The Kier molecular flexibility index (Phi) is 4.33. The number of rotatable bonds is 4. The summed E-state index contributed by atoms with van der Waals surface area (Å²) in [5, 5.41) is 9.09. The van der Waals surface area contributed by atoms with Gasteiger partial charge in [-0.05, 0) is 31.0 Å². The van der Waals surface area contributed by atoms with Crippen LogP contribution >= 0.6 is 0 Å². The maximum absolute atomic E-state index is 12.6. The molecule has 1 aliphatic rings. The van der Waals surface area contributed by atoms with E-state index in [1.807, 2.05) is 0 Å². The second-order valence-corrected chi connectivity index (χ2v) is 9.59. The minimum Gasteiger partial charge on any atom is -0.478 e. The molecule has 0 aliphatic carbocycles. The quantitative estimate of drug-likeness (QED) is 0.849. The number of benzene rings is 1. The van der Waals surface area contributed by atoms with Crippen molar-refractivity contribution in [3.63, 3.8) is 0 Å². The number of carboxylic acids is 1. The fourth-order valence-corrected chi connectivity index (χ4v) is 5.70. The molecule has 1 aliphatic heterocycles. The van der Waals surface area contributed by atoms with Crippen LogP contribution in [0.5, 0.6) is 0 Å². The van der Waals surface area contributed by atoms with E-state index in [4.69, 9.17) is 5.11 Å². The molecule has 122 valence electrons. The summed E-state index contributed by atoms with van der Waals surface area (Å²) in [5.74, 6) is -1.45. The smallest absolute Gasteiger partial charge is 0.335 e. The van der Waals surface area contributed by atoms with Crippen LogP contribution in [0, 0.1) is 6.92 Å². The zero-order chi connectivity index (χ0) is 16.7. The Morgan fingerprint density at radius 2 is 2.00 bits per heavy atom. The summed E-state index contributed by atoms with van der Waals surface area (Å²) in [6, 6.07) is 3.24. The number of sulfonamides is 1.